The maximum absolute atomic E-state index is 14.6. The summed E-state index contributed by atoms with van der Waals surface area (Å²) in [6.45, 7) is 11.1. The molecule has 1 aromatic rings. The van der Waals surface area contributed by atoms with Gasteiger partial charge in [-0.1, -0.05) is 80.4 Å². The van der Waals surface area contributed by atoms with Gasteiger partial charge in [-0.3, -0.25) is 117 Å². The zero-order valence-corrected chi connectivity index (χ0v) is 71.9. The molecule has 15 atom stereocenters. The number of guanidine groups is 2. The van der Waals surface area contributed by atoms with Crippen LogP contribution in [0.3, 0.4) is 0 Å². The fourth-order valence-electron chi connectivity index (χ4n) is 11.8. The maximum atomic E-state index is 14.6. The lowest BCUT2D eigenvalue weighted by molar-refractivity contribution is -0.457. The quantitative estimate of drug-likeness (QED) is 0.00947. The largest absolute Gasteiger partial charge is 0.481 e. The number of non-ortho nitro benzene ring substituents is 1. The number of primary amides is 3. The number of aliphatic carboxylic acids is 3. The van der Waals surface area contributed by atoms with E-state index in [9.17, 15) is 126 Å². The summed E-state index contributed by atoms with van der Waals surface area (Å²) in [5.74, 6) is -28.2. The number of amides is 18. The van der Waals surface area contributed by atoms with Crippen molar-refractivity contribution in [1.29, 1.82) is 0 Å². The van der Waals surface area contributed by atoms with Crippen molar-refractivity contribution >= 4 is 142 Å². The molecule has 0 spiro atoms. The van der Waals surface area contributed by atoms with Crippen LogP contribution in [0.25, 0.3) is 5.73 Å². The van der Waals surface area contributed by atoms with Gasteiger partial charge in [-0.15, -0.1) is 0 Å². The number of rotatable bonds is 61. The number of nitro groups is 1. The van der Waals surface area contributed by atoms with Crippen LogP contribution in [0, 0.1) is 33.8 Å². The van der Waals surface area contributed by atoms with E-state index in [1.165, 1.54) is 39.8 Å². The summed E-state index contributed by atoms with van der Waals surface area (Å²) in [5.41, 5.74) is 44.7. The molecule has 0 aliphatic heterocycles. The Morgan fingerprint density at radius 1 is 0.441 bits per heavy atom. The van der Waals surface area contributed by atoms with Crippen molar-refractivity contribution in [2.24, 2.45) is 68.8 Å². The molecule has 34 N–H and O–H groups in total. The van der Waals surface area contributed by atoms with E-state index in [1.54, 1.807) is 34.6 Å². The van der Waals surface area contributed by atoms with Gasteiger partial charge in [0.15, 0.2) is 11.9 Å². The number of carboxylic acids is 3. The second-order valence-corrected chi connectivity index (χ2v) is 30.5. The SMILES string of the molecule is CC[C@H](C)[C@H](NC(=O)[C@H](C)NC(=O)[C@H](CC(C)C)NC(=O)[C@H](CCC(N)=O)NC(=O)[C@H](CCCN=C(N)N)NC(=O)CNC(=O)[C@@H](NC(=O)[C@H](CCC(N)=O)NC(=O)CN)C(C)C)C(=O)N[C@@H](Cc1ccc([N+](=O)[O-])cc1)C(=O)NCC(=O)N[C@@H](CC(=O)O)C(=O)N[C@@H](CC(=O)O)C(=O)N[C@H](C(=O)N[C@@H](CC(N)=O)C(=O)N[C@@H](CCC[NH+]=C([NH-])N)C(=O)O)[C@@H](C)CC. The highest BCUT2D eigenvalue weighted by molar-refractivity contribution is 6.02. The number of nitro benzene ring substituents is 1. The van der Waals surface area contributed by atoms with E-state index in [1.807, 2.05) is 10.6 Å². The lowest BCUT2D eigenvalue weighted by Gasteiger charge is -2.29. The molecule has 1 rings (SSSR count). The van der Waals surface area contributed by atoms with Crippen LogP contribution < -0.4 is 125 Å². The summed E-state index contributed by atoms with van der Waals surface area (Å²) in [6, 6.07) is -17.4. The van der Waals surface area contributed by atoms with Crippen LogP contribution >= 0.6 is 0 Å². The van der Waals surface area contributed by atoms with E-state index < -0.39 is 301 Å². The number of hydrogen-bond acceptors (Lipinski definition) is 25. The molecule has 0 aliphatic rings. The molecular formula is C75H122N26O26. The van der Waals surface area contributed by atoms with Crippen LogP contribution in [0.5, 0.6) is 0 Å². The van der Waals surface area contributed by atoms with Crippen LogP contribution in [-0.2, 0) is 107 Å². The van der Waals surface area contributed by atoms with Crippen LogP contribution in [0.2, 0.25) is 0 Å². The van der Waals surface area contributed by atoms with Crippen molar-refractivity contribution < 1.29 is 126 Å². The Morgan fingerprint density at radius 3 is 1.29 bits per heavy atom. The number of carboxylic acid groups (broad SMARTS) is 3. The van der Waals surface area contributed by atoms with E-state index in [4.69, 9.17) is 45.9 Å². The van der Waals surface area contributed by atoms with Gasteiger partial charge in [0, 0.05) is 44.5 Å². The smallest absolute Gasteiger partial charge is 0.326 e. The second-order valence-electron chi connectivity index (χ2n) is 30.5. The van der Waals surface area contributed by atoms with Gasteiger partial charge in [0.05, 0.1) is 43.8 Å². The number of nitrogens with one attached hydrogen (secondary N) is 17. The van der Waals surface area contributed by atoms with E-state index in [2.05, 4.69) is 79.1 Å². The van der Waals surface area contributed by atoms with Crippen molar-refractivity contribution in [3.63, 3.8) is 0 Å². The summed E-state index contributed by atoms with van der Waals surface area (Å²) in [7, 11) is 0. The van der Waals surface area contributed by atoms with Crippen molar-refractivity contribution in [2.45, 2.75) is 237 Å². The molecule has 0 saturated heterocycles. The summed E-state index contributed by atoms with van der Waals surface area (Å²) in [5, 5.41) is 76.1. The van der Waals surface area contributed by atoms with Gasteiger partial charge in [0.2, 0.25) is 106 Å². The predicted molar refractivity (Wildman–Crippen MR) is 447 cm³/mol. The molecule has 1 aromatic carbocycles. The average molecular weight is 1800 g/mol. The van der Waals surface area contributed by atoms with Gasteiger partial charge in [-0.05, 0) is 81.1 Å². The molecule has 0 bridgehead atoms. The zero-order valence-electron chi connectivity index (χ0n) is 71.9. The molecule has 0 radical (unpaired) electrons. The minimum Gasteiger partial charge on any atom is -0.481 e. The molecule has 0 fully saturated rings. The zero-order chi connectivity index (χ0) is 96.8. The summed E-state index contributed by atoms with van der Waals surface area (Å²) in [6.07, 6.45) is -5.97. The molecule has 708 valence electrons. The third kappa shape index (κ3) is 43.7. The van der Waals surface area contributed by atoms with Gasteiger partial charge in [0.1, 0.15) is 78.5 Å². The normalized spacial score (nSPS) is 14.7. The van der Waals surface area contributed by atoms with Crippen molar-refractivity contribution in [3.05, 3.63) is 45.7 Å². The van der Waals surface area contributed by atoms with Crippen LogP contribution in [-0.4, -0.2) is 268 Å². The van der Waals surface area contributed by atoms with E-state index >= 15 is 0 Å². The molecule has 0 saturated carbocycles. The van der Waals surface area contributed by atoms with Gasteiger partial charge < -0.3 is 140 Å². The lowest BCUT2D eigenvalue weighted by atomic mass is 9.96. The topological polar surface area (TPSA) is 875 Å². The Morgan fingerprint density at radius 2 is 0.835 bits per heavy atom. The highest BCUT2D eigenvalue weighted by Gasteiger charge is 2.40. The Kier molecular flexibility index (Phi) is 49.6. The number of aliphatic imine (C=N–C) groups is 1. The minimum absolute atomic E-state index is 0.00527. The van der Waals surface area contributed by atoms with Crippen molar-refractivity contribution in [1.82, 2.24) is 79.8 Å². The molecule has 0 aromatic heterocycles. The Bertz CT molecular complexity index is 4120. The monoisotopic (exact) mass is 1800 g/mol. The predicted octanol–water partition coefficient (Wildman–Crippen LogP) is -10.8. The lowest BCUT2D eigenvalue weighted by Crippen LogP contribution is -2.74. The van der Waals surface area contributed by atoms with Crippen molar-refractivity contribution in [2.75, 3.05) is 32.7 Å². The molecular weight excluding hydrogens is 1680 g/mol. The average Bonchev–Trinajstić information content (AvgIpc) is 0.830. The number of nitrogens with zero attached hydrogens (tertiary/aromatic N) is 2. The maximum Gasteiger partial charge on any atom is 0.326 e. The fraction of sp³-hybridized carbons (Fsp3) is 0.613. The molecule has 0 heterocycles. The van der Waals surface area contributed by atoms with E-state index in [0.717, 1.165) is 12.1 Å². The summed E-state index contributed by atoms with van der Waals surface area (Å²) in [4.78, 5) is 297. The van der Waals surface area contributed by atoms with Crippen LogP contribution in [0.4, 0.5) is 5.69 Å². The van der Waals surface area contributed by atoms with E-state index in [-0.39, 0.29) is 82.4 Å². The van der Waals surface area contributed by atoms with Gasteiger partial charge >= 0.3 is 17.9 Å². The number of hydrogen-bond donors (Lipinski definition) is 26. The first-order valence-corrected chi connectivity index (χ1v) is 40.4. The Hall–Kier alpha value is -14.0. The third-order valence-corrected chi connectivity index (χ3v) is 19.1. The van der Waals surface area contributed by atoms with Crippen LogP contribution in [0.1, 0.15) is 158 Å². The Balaban J connectivity index is 3.63. The highest BCUT2D eigenvalue weighted by atomic mass is 16.6. The molecule has 127 heavy (non-hydrogen) atoms. The number of carbonyl (C=O) groups is 21. The number of carbonyl (C=O) groups excluding carboxylic acids is 18. The highest BCUT2D eigenvalue weighted by Crippen LogP contribution is 2.18. The number of benzene rings is 1. The molecule has 0 aliphatic carbocycles. The fourth-order valence-corrected chi connectivity index (χ4v) is 11.8. The van der Waals surface area contributed by atoms with Crippen molar-refractivity contribution in [3.8, 4) is 0 Å². The second kappa shape index (κ2) is 56.7. The molecule has 52 heteroatoms. The molecule has 18 amide bonds. The summed E-state index contributed by atoms with van der Waals surface area (Å²) < 4.78 is 0. The Labute approximate surface area is 729 Å². The first-order chi connectivity index (χ1) is 59.3. The van der Waals surface area contributed by atoms with Gasteiger partial charge in [-0.2, -0.15) is 0 Å². The van der Waals surface area contributed by atoms with Gasteiger partial charge in [-0.25, -0.2) is 4.79 Å². The molecule has 0 unspecified atom stereocenters. The first-order valence-electron chi connectivity index (χ1n) is 40.4. The van der Waals surface area contributed by atoms with Crippen LogP contribution in [0.15, 0.2) is 29.3 Å². The standard InChI is InChI=1S/C75H122N26O26/c1-10-36(7)59(99-61(112)38(9)88-66(117)45(26-34(3)4)94-64(115)43(21-23-51(78)103)92-63(114)41(14-12-24-84-74(80)81)90-54(106)33-87-70(121)58(35(5)6)98-65(116)42(20-22-50(77)102)89-53(105)31-76)71(122)96-46(27-39-16-18-40(19-17-39)101(126)127)62(113)86-32-55(107)91-48(29-56(108)109)68(119)95-49(30-57(110)111)69(120)100-60(37(8)11-2)72(123)97-47(28-52(79)104)67(118)93-44(73(124)125)15-13-25-85-75(82)83/h16-19,34-38,41-49,58-60H,10-15,20-33,76H2,1-9H3,(H32,77,78,79,80,81,82,83,84,85,86,87,88,89,90,91,92,93,94,95,96,97,98,99,100,102,103,104,105,106,107,108,109,110,111,112,113,114,115,116,117,118,119,120,121,122,123,124,125)/t36-,37-,38-,41-,42-,43-,44-,45-,46-,47-,48-,49-,58-,59-,60-/m0/s1. The van der Waals surface area contributed by atoms with E-state index in [0.29, 0.717) is 0 Å². The third-order valence-electron chi connectivity index (χ3n) is 19.1. The molecule has 52 nitrogen and oxygen atoms in total. The first kappa shape index (κ1) is 111. The van der Waals surface area contributed by atoms with Gasteiger partial charge in [0.25, 0.3) is 5.69 Å². The summed E-state index contributed by atoms with van der Waals surface area (Å²) >= 11 is 0. The number of nitrogens with two attached hydrogens (primary N) is 7. The minimum atomic E-state index is -2.19.